The Morgan fingerprint density at radius 1 is 1.64 bits per heavy atom. The summed E-state index contributed by atoms with van der Waals surface area (Å²) in [4.78, 5) is 25.1. The van der Waals surface area contributed by atoms with Gasteiger partial charge in [0.1, 0.15) is 6.04 Å². The molecule has 5 N–H and O–H groups in total. The fourth-order valence-electron chi connectivity index (χ4n) is 0.537. The molecule has 0 aromatic rings. The van der Waals surface area contributed by atoms with E-state index in [1.165, 1.54) is 6.92 Å². The Bertz CT molecular complexity index is 159. The Morgan fingerprint density at radius 2 is 2.18 bits per heavy atom. The standard InChI is InChI=1S/C5H11N3O3/c1-3(9)8-4(2-11-7)5(6)10/h4H,2,7H2,1H3,(H2,6,10)(H,8,9). The van der Waals surface area contributed by atoms with Gasteiger partial charge < -0.3 is 15.9 Å². The molecule has 0 spiro atoms. The minimum Gasteiger partial charge on any atom is -0.368 e. The van der Waals surface area contributed by atoms with Crippen molar-refractivity contribution in [3.05, 3.63) is 0 Å². The average Bonchev–Trinajstić information content (AvgIpc) is 1.86. The summed E-state index contributed by atoms with van der Waals surface area (Å²) >= 11 is 0. The molecule has 6 nitrogen and oxygen atoms in total. The maximum atomic E-state index is 10.5. The molecule has 0 saturated carbocycles. The van der Waals surface area contributed by atoms with E-state index in [4.69, 9.17) is 5.73 Å². The van der Waals surface area contributed by atoms with Crippen molar-refractivity contribution in [1.82, 2.24) is 5.32 Å². The molecule has 0 aliphatic carbocycles. The zero-order valence-electron chi connectivity index (χ0n) is 6.16. The number of amides is 2. The van der Waals surface area contributed by atoms with E-state index in [2.05, 4.69) is 16.1 Å². The minimum absolute atomic E-state index is 0.116. The third kappa shape index (κ3) is 4.29. The summed E-state index contributed by atoms with van der Waals surface area (Å²) in [6, 6.07) is -0.850. The average molecular weight is 161 g/mol. The molecular formula is C5H11N3O3. The van der Waals surface area contributed by atoms with E-state index in [0.29, 0.717) is 0 Å². The second-order valence-electron chi connectivity index (χ2n) is 1.99. The van der Waals surface area contributed by atoms with E-state index in [-0.39, 0.29) is 12.5 Å². The normalized spacial score (nSPS) is 12.2. The van der Waals surface area contributed by atoms with E-state index in [9.17, 15) is 9.59 Å². The zero-order valence-corrected chi connectivity index (χ0v) is 6.16. The Hall–Kier alpha value is -1.14. The van der Waals surface area contributed by atoms with Gasteiger partial charge in [0.15, 0.2) is 0 Å². The third-order valence-corrected chi connectivity index (χ3v) is 0.984. The SMILES string of the molecule is CC(=O)NC(CON)C(N)=O. The lowest BCUT2D eigenvalue weighted by atomic mass is 10.3. The molecule has 0 aliphatic heterocycles. The van der Waals surface area contributed by atoms with Crippen LogP contribution in [0, 0.1) is 0 Å². The van der Waals surface area contributed by atoms with Gasteiger partial charge in [-0.3, -0.25) is 9.59 Å². The van der Waals surface area contributed by atoms with Gasteiger partial charge in [0.25, 0.3) is 0 Å². The lowest BCUT2D eigenvalue weighted by Gasteiger charge is -2.11. The summed E-state index contributed by atoms with van der Waals surface area (Å²) in [6.45, 7) is 1.15. The quantitative estimate of drug-likeness (QED) is 0.409. The molecule has 0 heterocycles. The molecule has 1 atom stereocenters. The first-order valence-electron chi connectivity index (χ1n) is 2.96. The number of carbonyl (C=O) groups is 2. The van der Waals surface area contributed by atoms with E-state index in [0.717, 1.165) is 0 Å². The van der Waals surface area contributed by atoms with Gasteiger partial charge in [-0.2, -0.15) is 0 Å². The summed E-state index contributed by atoms with van der Waals surface area (Å²) in [5.41, 5.74) is 4.88. The first-order valence-corrected chi connectivity index (χ1v) is 2.96. The third-order valence-electron chi connectivity index (χ3n) is 0.984. The number of primary amides is 1. The maximum absolute atomic E-state index is 10.5. The summed E-state index contributed by atoms with van der Waals surface area (Å²) < 4.78 is 0. The minimum atomic E-state index is -0.850. The fourth-order valence-corrected chi connectivity index (χ4v) is 0.537. The molecule has 2 amide bonds. The molecule has 11 heavy (non-hydrogen) atoms. The van der Waals surface area contributed by atoms with Crippen LogP contribution < -0.4 is 16.9 Å². The van der Waals surface area contributed by atoms with Crippen LogP contribution in [0.15, 0.2) is 0 Å². The molecule has 0 fully saturated rings. The number of nitrogens with two attached hydrogens (primary N) is 2. The Balaban J connectivity index is 3.89. The Kier molecular flexibility index (Phi) is 4.16. The highest BCUT2D eigenvalue weighted by atomic mass is 16.6. The highest BCUT2D eigenvalue weighted by molar-refractivity contribution is 5.85. The van der Waals surface area contributed by atoms with Crippen LogP contribution in [0.4, 0.5) is 0 Å². The van der Waals surface area contributed by atoms with Crippen LogP contribution in [0.3, 0.4) is 0 Å². The molecule has 0 rings (SSSR count). The van der Waals surface area contributed by atoms with Crippen LogP contribution in [0.25, 0.3) is 0 Å². The van der Waals surface area contributed by atoms with Gasteiger partial charge in [-0.25, -0.2) is 5.90 Å². The molecule has 0 saturated heterocycles. The van der Waals surface area contributed by atoms with Crippen molar-refractivity contribution in [2.24, 2.45) is 11.6 Å². The highest BCUT2D eigenvalue weighted by Crippen LogP contribution is 1.81. The number of nitrogens with one attached hydrogen (secondary N) is 1. The van der Waals surface area contributed by atoms with Gasteiger partial charge in [0, 0.05) is 6.92 Å². The molecule has 64 valence electrons. The van der Waals surface area contributed by atoms with Gasteiger partial charge in [0.05, 0.1) is 6.61 Å². The second-order valence-corrected chi connectivity index (χ2v) is 1.99. The fraction of sp³-hybridized carbons (Fsp3) is 0.600. The van der Waals surface area contributed by atoms with Crippen LogP contribution in [0.5, 0.6) is 0 Å². The van der Waals surface area contributed by atoms with Gasteiger partial charge in [-0.1, -0.05) is 0 Å². The Labute approximate surface area is 63.8 Å². The largest absolute Gasteiger partial charge is 0.368 e. The molecule has 0 aliphatic rings. The molecule has 0 radical (unpaired) electrons. The lowest BCUT2D eigenvalue weighted by Crippen LogP contribution is -2.47. The zero-order chi connectivity index (χ0) is 8.85. The maximum Gasteiger partial charge on any atom is 0.242 e. The molecule has 0 aromatic carbocycles. The molecule has 6 heteroatoms. The van der Waals surface area contributed by atoms with Gasteiger partial charge in [-0.05, 0) is 0 Å². The summed E-state index contributed by atoms with van der Waals surface area (Å²) in [5, 5.41) is 2.26. The molecular weight excluding hydrogens is 150 g/mol. The van der Waals surface area contributed by atoms with E-state index in [1.807, 2.05) is 0 Å². The summed E-state index contributed by atoms with van der Waals surface area (Å²) in [6.07, 6.45) is 0. The number of hydrogen-bond acceptors (Lipinski definition) is 4. The van der Waals surface area contributed by atoms with Crippen molar-refractivity contribution in [3.63, 3.8) is 0 Å². The van der Waals surface area contributed by atoms with Crippen molar-refractivity contribution < 1.29 is 14.4 Å². The first kappa shape index (κ1) is 9.86. The monoisotopic (exact) mass is 161 g/mol. The molecule has 1 unspecified atom stereocenters. The lowest BCUT2D eigenvalue weighted by molar-refractivity contribution is -0.127. The number of hydrogen-bond donors (Lipinski definition) is 3. The topological polar surface area (TPSA) is 107 Å². The van der Waals surface area contributed by atoms with Gasteiger partial charge in [-0.15, -0.1) is 0 Å². The van der Waals surface area contributed by atoms with E-state index in [1.54, 1.807) is 0 Å². The second kappa shape index (κ2) is 4.64. The Morgan fingerprint density at radius 3 is 2.45 bits per heavy atom. The van der Waals surface area contributed by atoms with Crippen molar-refractivity contribution in [2.45, 2.75) is 13.0 Å². The van der Waals surface area contributed by atoms with Crippen LogP contribution >= 0.6 is 0 Å². The molecule has 0 bridgehead atoms. The van der Waals surface area contributed by atoms with Crippen LogP contribution in [-0.2, 0) is 14.4 Å². The van der Waals surface area contributed by atoms with Crippen molar-refractivity contribution in [3.8, 4) is 0 Å². The van der Waals surface area contributed by atoms with Crippen molar-refractivity contribution in [2.75, 3.05) is 6.61 Å². The predicted octanol–water partition coefficient (Wildman–Crippen LogP) is -2.13. The van der Waals surface area contributed by atoms with Crippen molar-refractivity contribution in [1.29, 1.82) is 0 Å². The van der Waals surface area contributed by atoms with Gasteiger partial charge >= 0.3 is 0 Å². The highest BCUT2D eigenvalue weighted by Gasteiger charge is 2.15. The van der Waals surface area contributed by atoms with Gasteiger partial charge in [0.2, 0.25) is 11.8 Å². The van der Waals surface area contributed by atoms with Crippen LogP contribution in [-0.4, -0.2) is 24.5 Å². The van der Waals surface area contributed by atoms with Crippen LogP contribution in [0.2, 0.25) is 0 Å². The van der Waals surface area contributed by atoms with E-state index < -0.39 is 11.9 Å². The first-order chi connectivity index (χ1) is 5.07. The molecule has 0 aromatic heterocycles. The summed E-state index contributed by atoms with van der Waals surface area (Å²) in [5.74, 6) is 3.65. The number of rotatable bonds is 4. The predicted molar refractivity (Wildman–Crippen MR) is 36.9 cm³/mol. The van der Waals surface area contributed by atoms with E-state index >= 15 is 0 Å². The summed E-state index contributed by atoms with van der Waals surface area (Å²) in [7, 11) is 0. The van der Waals surface area contributed by atoms with Crippen LogP contribution in [0.1, 0.15) is 6.92 Å². The van der Waals surface area contributed by atoms with Crippen molar-refractivity contribution >= 4 is 11.8 Å². The number of carbonyl (C=O) groups excluding carboxylic acids is 2. The smallest absolute Gasteiger partial charge is 0.242 e.